The topological polar surface area (TPSA) is 38.9 Å². The van der Waals surface area contributed by atoms with Crippen LogP contribution in [0, 0.1) is 0 Å². The molecule has 88 valence electrons. The fraction of sp³-hybridized carbons (Fsp3) is 0.154. The minimum absolute atomic E-state index is 0.0276. The third-order valence-corrected chi connectivity index (χ3v) is 3.46. The van der Waals surface area contributed by atoms with Crippen molar-refractivity contribution < 1.29 is 0 Å². The summed E-state index contributed by atoms with van der Waals surface area (Å²) in [5.41, 5.74) is 6.65. The number of hydrogen-bond acceptors (Lipinski definition) is 3. The lowest BCUT2D eigenvalue weighted by atomic mass is 10.2. The quantitative estimate of drug-likeness (QED) is 0.914. The summed E-state index contributed by atoms with van der Waals surface area (Å²) >= 11 is 7.57. The van der Waals surface area contributed by atoms with Gasteiger partial charge in [0.2, 0.25) is 0 Å². The molecule has 1 aromatic heterocycles. The fourth-order valence-electron chi connectivity index (χ4n) is 1.39. The van der Waals surface area contributed by atoms with E-state index in [1.807, 2.05) is 49.5 Å². The molecule has 2 aromatic rings. The molecule has 2 N–H and O–H groups in total. The van der Waals surface area contributed by atoms with Gasteiger partial charge in [0.15, 0.2) is 0 Å². The Bertz CT molecular complexity index is 497. The summed E-state index contributed by atoms with van der Waals surface area (Å²) in [6.07, 6.45) is 1.84. The lowest BCUT2D eigenvalue weighted by Crippen LogP contribution is -2.06. The van der Waals surface area contributed by atoms with Crippen LogP contribution in [0.2, 0.25) is 5.02 Å². The zero-order chi connectivity index (χ0) is 12.3. The van der Waals surface area contributed by atoms with Crippen molar-refractivity contribution in [3.63, 3.8) is 0 Å². The lowest BCUT2D eigenvalue weighted by Gasteiger charge is -2.06. The van der Waals surface area contributed by atoms with Crippen LogP contribution in [0.3, 0.4) is 0 Å². The number of rotatable bonds is 3. The van der Waals surface area contributed by atoms with E-state index in [-0.39, 0.29) is 6.04 Å². The van der Waals surface area contributed by atoms with E-state index in [4.69, 9.17) is 17.3 Å². The number of aromatic nitrogens is 1. The van der Waals surface area contributed by atoms with Crippen LogP contribution in [-0.2, 0) is 0 Å². The monoisotopic (exact) mass is 264 g/mol. The number of halogens is 1. The molecule has 0 spiro atoms. The SMILES string of the molecule is C[C@H](N)c1ccc(Sc2cccc(Cl)c2)cn1. The van der Waals surface area contributed by atoms with Crippen molar-refractivity contribution in [3.8, 4) is 0 Å². The average molecular weight is 265 g/mol. The number of pyridine rings is 1. The highest BCUT2D eigenvalue weighted by atomic mass is 35.5. The van der Waals surface area contributed by atoms with Crippen LogP contribution in [0.25, 0.3) is 0 Å². The second-order valence-corrected chi connectivity index (χ2v) is 5.35. The lowest BCUT2D eigenvalue weighted by molar-refractivity contribution is 0.777. The van der Waals surface area contributed by atoms with Crippen molar-refractivity contribution >= 4 is 23.4 Å². The van der Waals surface area contributed by atoms with Crippen LogP contribution in [-0.4, -0.2) is 4.98 Å². The van der Waals surface area contributed by atoms with Gasteiger partial charge in [-0.25, -0.2) is 0 Å². The summed E-state index contributed by atoms with van der Waals surface area (Å²) in [5.74, 6) is 0. The molecule has 0 amide bonds. The molecule has 0 saturated heterocycles. The number of hydrogen-bond donors (Lipinski definition) is 1. The first kappa shape index (κ1) is 12.4. The molecular weight excluding hydrogens is 252 g/mol. The summed E-state index contributed by atoms with van der Waals surface area (Å²) in [6, 6.07) is 11.7. The van der Waals surface area contributed by atoms with E-state index in [0.717, 1.165) is 20.5 Å². The predicted molar refractivity (Wildman–Crippen MR) is 72.4 cm³/mol. The molecule has 0 fully saturated rings. The normalized spacial score (nSPS) is 12.4. The van der Waals surface area contributed by atoms with Gasteiger partial charge in [0.1, 0.15) is 0 Å². The van der Waals surface area contributed by atoms with Crippen molar-refractivity contribution in [2.45, 2.75) is 22.8 Å². The molecule has 4 heteroatoms. The van der Waals surface area contributed by atoms with Gasteiger partial charge in [-0.1, -0.05) is 29.4 Å². The Morgan fingerprint density at radius 1 is 1.24 bits per heavy atom. The van der Waals surface area contributed by atoms with E-state index in [1.165, 1.54) is 0 Å². The first-order chi connectivity index (χ1) is 8.15. The van der Waals surface area contributed by atoms with Crippen LogP contribution in [0.15, 0.2) is 52.4 Å². The maximum Gasteiger partial charge on any atom is 0.0569 e. The third kappa shape index (κ3) is 3.46. The van der Waals surface area contributed by atoms with Gasteiger partial charge in [0.05, 0.1) is 5.69 Å². The zero-order valence-electron chi connectivity index (χ0n) is 9.43. The van der Waals surface area contributed by atoms with Crippen molar-refractivity contribution in [1.82, 2.24) is 4.98 Å². The molecule has 0 saturated carbocycles. The average Bonchev–Trinajstić information content (AvgIpc) is 2.29. The zero-order valence-corrected chi connectivity index (χ0v) is 11.0. The van der Waals surface area contributed by atoms with Crippen LogP contribution in [0.5, 0.6) is 0 Å². The molecule has 0 unspecified atom stereocenters. The number of nitrogens with two attached hydrogens (primary N) is 1. The largest absolute Gasteiger partial charge is 0.323 e. The van der Waals surface area contributed by atoms with E-state index < -0.39 is 0 Å². The van der Waals surface area contributed by atoms with Crippen LogP contribution < -0.4 is 5.73 Å². The minimum atomic E-state index is -0.0276. The summed E-state index contributed by atoms with van der Waals surface area (Å²) < 4.78 is 0. The number of benzene rings is 1. The molecule has 0 radical (unpaired) electrons. The van der Waals surface area contributed by atoms with Crippen LogP contribution >= 0.6 is 23.4 Å². The second-order valence-electron chi connectivity index (χ2n) is 3.77. The Labute approximate surface area is 110 Å². The highest BCUT2D eigenvalue weighted by Gasteiger charge is 2.02. The Morgan fingerprint density at radius 3 is 2.65 bits per heavy atom. The smallest absolute Gasteiger partial charge is 0.0569 e. The van der Waals surface area contributed by atoms with Crippen molar-refractivity contribution in [3.05, 3.63) is 53.3 Å². The minimum Gasteiger partial charge on any atom is -0.323 e. The van der Waals surface area contributed by atoms with E-state index in [0.29, 0.717) is 0 Å². The molecule has 0 aliphatic heterocycles. The van der Waals surface area contributed by atoms with Gasteiger partial charge in [0, 0.05) is 27.1 Å². The van der Waals surface area contributed by atoms with Crippen LogP contribution in [0.1, 0.15) is 18.7 Å². The van der Waals surface area contributed by atoms with E-state index in [9.17, 15) is 0 Å². The summed E-state index contributed by atoms with van der Waals surface area (Å²) in [7, 11) is 0. The van der Waals surface area contributed by atoms with Crippen molar-refractivity contribution in [2.24, 2.45) is 5.73 Å². The Morgan fingerprint density at radius 2 is 2.06 bits per heavy atom. The third-order valence-electron chi connectivity index (χ3n) is 2.26. The molecule has 1 atom stereocenters. The van der Waals surface area contributed by atoms with Gasteiger partial charge in [0.25, 0.3) is 0 Å². The number of nitrogens with zero attached hydrogens (tertiary/aromatic N) is 1. The van der Waals surface area contributed by atoms with Crippen LogP contribution in [0.4, 0.5) is 0 Å². The molecule has 0 bridgehead atoms. The molecule has 0 aliphatic carbocycles. The second kappa shape index (κ2) is 5.54. The van der Waals surface area contributed by atoms with Crippen molar-refractivity contribution in [1.29, 1.82) is 0 Å². The maximum absolute atomic E-state index is 5.93. The van der Waals surface area contributed by atoms with E-state index in [2.05, 4.69) is 4.98 Å². The molecule has 17 heavy (non-hydrogen) atoms. The standard InChI is InChI=1S/C13H13ClN2S/c1-9(15)13-6-5-12(8-16-13)17-11-4-2-3-10(14)7-11/h2-9H,15H2,1H3/t9-/m0/s1. The van der Waals surface area contributed by atoms with E-state index in [1.54, 1.807) is 11.8 Å². The molecule has 1 aromatic carbocycles. The molecule has 1 heterocycles. The Kier molecular flexibility index (Phi) is 4.05. The Hall–Kier alpha value is -1.03. The first-order valence-corrected chi connectivity index (χ1v) is 6.49. The highest BCUT2D eigenvalue weighted by molar-refractivity contribution is 7.99. The summed E-state index contributed by atoms with van der Waals surface area (Å²) in [5, 5.41) is 0.746. The van der Waals surface area contributed by atoms with Gasteiger partial charge in [-0.15, -0.1) is 0 Å². The van der Waals surface area contributed by atoms with Gasteiger partial charge < -0.3 is 5.73 Å². The van der Waals surface area contributed by atoms with Gasteiger partial charge in [-0.05, 0) is 37.3 Å². The van der Waals surface area contributed by atoms with Gasteiger partial charge in [-0.2, -0.15) is 0 Å². The Balaban J connectivity index is 2.14. The fourth-order valence-corrected chi connectivity index (χ4v) is 2.49. The maximum atomic E-state index is 5.93. The van der Waals surface area contributed by atoms with Crippen molar-refractivity contribution in [2.75, 3.05) is 0 Å². The summed E-state index contributed by atoms with van der Waals surface area (Å²) in [6.45, 7) is 1.92. The highest BCUT2D eigenvalue weighted by Crippen LogP contribution is 2.29. The van der Waals surface area contributed by atoms with E-state index >= 15 is 0 Å². The molecule has 2 rings (SSSR count). The first-order valence-electron chi connectivity index (χ1n) is 5.30. The molecule has 0 aliphatic rings. The van der Waals surface area contributed by atoms with Gasteiger partial charge in [-0.3, -0.25) is 4.98 Å². The molecule has 2 nitrogen and oxygen atoms in total. The predicted octanol–water partition coefficient (Wildman–Crippen LogP) is 3.91. The molecular formula is C13H13ClN2S. The van der Waals surface area contributed by atoms with Gasteiger partial charge >= 0.3 is 0 Å². The summed E-state index contributed by atoms with van der Waals surface area (Å²) in [4.78, 5) is 6.50.